The van der Waals surface area contributed by atoms with Gasteiger partial charge < -0.3 is 5.11 Å². The average Bonchev–Trinajstić information content (AvgIpc) is 2.04. The predicted molar refractivity (Wildman–Crippen MR) is 48.4 cm³/mol. The van der Waals surface area contributed by atoms with E-state index in [2.05, 4.69) is 0 Å². The first kappa shape index (κ1) is 10.2. The number of carboxylic acids is 1. The summed E-state index contributed by atoms with van der Waals surface area (Å²) in [5.41, 5.74) is -0.591. The molecule has 1 saturated carbocycles. The molecular weight excluding hydrogens is 168 g/mol. The molecule has 0 radical (unpaired) electrons. The van der Waals surface area contributed by atoms with Crippen LogP contribution in [0.1, 0.15) is 39.5 Å². The van der Waals surface area contributed by atoms with Gasteiger partial charge in [-0.2, -0.15) is 0 Å². The number of ketones is 1. The van der Waals surface area contributed by atoms with Gasteiger partial charge in [0, 0.05) is 5.92 Å². The van der Waals surface area contributed by atoms with Crippen molar-refractivity contribution in [2.45, 2.75) is 39.5 Å². The van der Waals surface area contributed by atoms with Crippen molar-refractivity contribution in [1.82, 2.24) is 0 Å². The number of carbonyl (C=O) groups is 2. The summed E-state index contributed by atoms with van der Waals surface area (Å²) in [5, 5.41) is 8.94. The molecule has 0 aromatic heterocycles. The van der Waals surface area contributed by atoms with Gasteiger partial charge in [0.2, 0.25) is 0 Å². The predicted octanol–water partition coefficient (Wildman–Crippen LogP) is 1.86. The van der Waals surface area contributed by atoms with E-state index in [9.17, 15) is 9.59 Å². The molecule has 0 aromatic rings. The minimum Gasteiger partial charge on any atom is -0.481 e. The highest BCUT2D eigenvalue weighted by Gasteiger charge is 2.38. The van der Waals surface area contributed by atoms with Crippen LogP contribution in [0.15, 0.2) is 0 Å². The molecule has 1 aliphatic rings. The molecule has 74 valence electrons. The Kier molecular flexibility index (Phi) is 2.74. The Morgan fingerprint density at radius 3 is 2.08 bits per heavy atom. The van der Waals surface area contributed by atoms with Gasteiger partial charge in [-0.3, -0.25) is 9.59 Å². The van der Waals surface area contributed by atoms with E-state index in [1.165, 1.54) is 0 Å². The Balaban J connectivity index is 2.56. The molecule has 1 aliphatic carbocycles. The van der Waals surface area contributed by atoms with Crippen LogP contribution in [-0.4, -0.2) is 16.9 Å². The van der Waals surface area contributed by atoms with E-state index in [0.29, 0.717) is 12.8 Å². The van der Waals surface area contributed by atoms with Crippen LogP contribution in [0.3, 0.4) is 0 Å². The van der Waals surface area contributed by atoms with Crippen LogP contribution in [0.5, 0.6) is 0 Å². The Morgan fingerprint density at radius 1 is 1.31 bits per heavy atom. The maximum absolute atomic E-state index is 11.0. The van der Waals surface area contributed by atoms with E-state index in [0.717, 1.165) is 12.8 Å². The van der Waals surface area contributed by atoms with Gasteiger partial charge in [0.25, 0.3) is 0 Å². The summed E-state index contributed by atoms with van der Waals surface area (Å²) >= 11 is 0. The molecule has 0 aliphatic heterocycles. The number of aliphatic carboxylic acids is 1. The second-order valence-electron chi connectivity index (χ2n) is 4.25. The minimum atomic E-state index is -0.727. The van der Waals surface area contributed by atoms with Crippen molar-refractivity contribution in [2.75, 3.05) is 0 Å². The molecule has 0 atom stereocenters. The Hall–Kier alpha value is -0.860. The summed E-state index contributed by atoms with van der Waals surface area (Å²) in [6, 6.07) is 0. The Morgan fingerprint density at radius 2 is 1.77 bits per heavy atom. The quantitative estimate of drug-likeness (QED) is 0.712. The number of carboxylic acid groups (broad SMARTS) is 1. The minimum absolute atomic E-state index is 0.104. The number of rotatable bonds is 2. The number of carbonyl (C=O) groups excluding carboxylic acids is 1. The third-order valence-electron chi connectivity index (χ3n) is 3.18. The van der Waals surface area contributed by atoms with E-state index in [4.69, 9.17) is 5.11 Å². The molecule has 0 unspecified atom stereocenters. The molecule has 0 bridgehead atoms. The molecular formula is C10H16O3. The highest BCUT2D eigenvalue weighted by atomic mass is 16.4. The zero-order valence-electron chi connectivity index (χ0n) is 8.17. The molecule has 0 heterocycles. The SMILES string of the molecule is CC(=O)C1CCC(C)(C(=O)O)CC1. The van der Waals surface area contributed by atoms with Crippen LogP contribution in [0.25, 0.3) is 0 Å². The van der Waals surface area contributed by atoms with E-state index in [-0.39, 0.29) is 11.7 Å². The van der Waals surface area contributed by atoms with Crippen LogP contribution < -0.4 is 0 Å². The van der Waals surface area contributed by atoms with Crippen molar-refractivity contribution in [3.8, 4) is 0 Å². The second-order valence-corrected chi connectivity index (χ2v) is 4.25. The van der Waals surface area contributed by atoms with Crippen LogP contribution >= 0.6 is 0 Å². The molecule has 0 aromatic carbocycles. The lowest BCUT2D eigenvalue weighted by Gasteiger charge is -2.32. The lowest BCUT2D eigenvalue weighted by atomic mass is 9.71. The number of hydrogen-bond acceptors (Lipinski definition) is 2. The first-order chi connectivity index (χ1) is 5.96. The standard InChI is InChI=1S/C10H16O3/c1-7(11)8-3-5-10(2,6-4-8)9(12)13/h8H,3-6H2,1-2H3,(H,12,13). The lowest BCUT2D eigenvalue weighted by Crippen LogP contribution is -2.33. The Labute approximate surface area is 78.1 Å². The van der Waals surface area contributed by atoms with Gasteiger partial charge in [0.1, 0.15) is 5.78 Å². The van der Waals surface area contributed by atoms with E-state index < -0.39 is 11.4 Å². The van der Waals surface area contributed by atoms with Crippen LogP contribution in [-0.2, 0) is 9.59 Å². The summed E-state index contributed by atoms with van der Waals surface area (Å²) in [6.07, 6.45) is 2.73. The molecule has 1 fully saturated rings. The molecule has 3 heteroatoms. The molecule has 0 spiro atoms. The van der Waals surface area contributed by atoms with Gasteiger partial charge in [0.15, 0.2) is 0 Å². The largest absolute Gasteiger partial charge is 0.481 e. The maximum Gasteiger partial charge on any atom is 0.309 e. The summed E-state index contributed by atoms with van der Waals surface area (Å²) in [5.74, 6) is -0.422. The van der Waals surface area contributed by atoms with Crippen LogP contribution in [0, 0.1) is 11.3 Å². The first-order valence-electron chi connectivity index (χ1n) is 4.69. The zero-order chi connectivity index (χ0) is 10.1. The first-order valence-corrected chi connectivity index (χ1v) is 4.69. The molecule has 13 heavy (non-hydrogen) atoms. The van der Waals surface area contributed by atoms with Gasteiger partial charge >= 0.3 is 5.97 Å². The van der Waals surface area contributed by atoms with Crippen molar-refractivity contribution >= 4 is 11.8 Å². The number of hydrogen-bond donors (Lipinski definition) is 1. The number of Topliss-reactive ketones (excluding diaryl/α,β-unsaturated/α-hetero) is 1. The fourth-order valence-corrected chi connectivity index (χ4v) is 1.88. The molecule has 1 N–H and O–H groups in total. The molecule has 0 saturated heterocycles. The van der Waals surface area contributed by atoms with Gasteiger partial charge in [0.05, 0.1) is 5.41 Å². The third kappa shape index (κ3) is 2.08. The van der Waals surface area contributed by atoms with Crippen molar-refractivity contribution in [2.24, 2.45) is 11.3 Å². The summed E-state index contributed by atoms with van der Waals surface area (Å²) in [6.45, 7) is 3.36. The van der Waals surface area contributed by atoms with Gasteiger partial charge in [-0.1, -0.05) is 0 Å². The lowest BCUT2D eigenvalue weighted by molar-refractivity contribution is -0.151. The highest BCUT2D eigenvalue weighted by molar-refractivity contribution is 5.79. The van der Waals surface area contributed by atoms with Crippen molar-refractivity contribution in [1.29, 1.82) is 0 Å². The Bertz CT molecular complexity index is 224. The van der Waals surface area contributed by atoms with Crippen molar-refractivity contribution in [3.05, 3.63) is 0 Å². The summed E-state index contributed by atoms with van der Waals surface area (Å²) < 4.78 is 0. The third-order valence-corrected chi connectivity index (χ3v) is 3.18. The normalized spacial score (nSPS) is 34.2. The fourth-order valence-electron chi connectivity index (χ4n) is 1.88. The average molecular weight is 184 g/mol. The molecule has 1 rings (SSSR count). The van der Waals surface area contributed by atoms with E-state index >= 15 is 0 Å². The summed E-state index contributed by atoms with van der Waals surface area (Å²) in [7, 11) is 0. The topological polar surface area (TPSA) is 54.4 Å². The van der Waals surface area contributed by atoms with Crippen LogP contribution in [0.2, 0.25) is 0 Å². The maximum atomic E-state index is 11.0. The van der Waals surface area contributed by atoms with Gasteiger partial charge in [-0.25, -0.2) is 0 Å². The van der Waals surface area contributed by atoms with E-state index in [1.807, 2.05) is 0 Å². The monoisotopic (exact) mass is 184 g/mol. The van der Waals surface area contributed by atoms with E-state index in [1.54, 1.807) is 13.8 Å². The summed E-state index contributed by atoms with van der Waals surface area (Å²) in [4.78, 5) is 21.9. The molecule has 3 nitrogen and oxygen atoms in total. The fraction of sp³-hybridized carbons (Fsp3) is 0.800. The van der Waals surface area contributed by atoms with Crippen molar-refractivity contribution in [3.63, 3.8) is 0 Å². The zero-order valence-corrected chi connectivity index (χ0v) is 8.17. The molecule has 0 amide bonds. The van der Waals surface area contributed by atoms with Gasteiger partial charge in [-0.15, -0.1) is 0 Å². The highest BCUT2D eigenvalue weighted by Crippen LogP contribution is 2.38. The smallest absolute Gasteiger partial charge is 0.309 e. The van der Waals surface area contributed by atoms with Gasteiger partial charge in [-0.05, 0) is 39.5 Å². The van der Waals surface area contributed by atoms with Crippen molar-refractivity contribution < 1.29 is 14.7 Å². The van der Waals surface area contributed by atoms with Crippen LogP contribution in [0.4, 0.5) is 0 Å². The second kappa shape index (κ2) is 3.48.